The Morgan fingerprint density at radius 1 is 1.18 bits per heavy atom. The van der Waals surface area contributed by atoms with E-state index in [0.717, 1.165) is 58.6 Å². The fourth-order valence-corrected chi connectivity index (χ4v) is 9.81. The van der Waals surface area contributed by atoms with Gasteiger partial charge in [-0.25, -0.2) is 18.1 Å². The van der Waals surface area contributed by atoms with Crippen LogP contribution in [0, 0.1) is 12.3 Å². The first-order valence-corrected chi connectivity index (χ1v) is 23.0. The zero-order valence-electron chi connectivity index (χ0n) is 30.3. The Kier molecular flexibility index (Phi) is 9.97. The SMILES string of the molecule is CC[C@@H]1CN(Cc2cc([C@@H](c3ccc4c(nnn4C)c3C)C(C)(C)C(=O)OCC[Si](C)(C)C)cc3c2CCC3)S(=O)(=O)c2cc(Cl)cnc2O1. The van der Waals surface area contributed by atoms with Gasteiger partial charge >= 0.3 is 5.97 Å². The maximum absolute atomic E-state index is 14.2. The van der Waals surface area contributed by atoms with Gasteiger partial charge < -0.3 is 9.47 Å². The van der Waals surface area contributed by atoms with Crippen molar-refractivity contribution in [2.45, 2.75) is 103 Å². The van der Waals surface area contributed by atoms with Gasteiger partial charge in [0, 0.05) is 33.8 Å². The van der Waals surface area contributed by atoms with Crippen LogP contribution in [0.1, 0.15) is 72.9 Å². The highest BCUT2D eigenvalue weighted by Gasteiger charge is 2.43. The Balaban J connectivity index is 1.48. The molecule has 0 radical (unpaired) electrons. The summed E-state index contributed by atoms with van der Waals surface area (Å²) in [6.07, 6.45) is 4.34. The van der Waals surface area contributed by atoms with E-state index in [0.29, 0.717) is 13.0 Å². The van der Waals surface area contributed by atoms with Gasteiger partial charge in [0.2, 0.25) is 15.9 Å². The molecule has 0 spiro atoms. The summed E-state index contributed by atoms with van der Waals surface area (Å²) >= 11 is 6.25. The molecule has 0 fully saturated rings. The first-order valence-electron chi connectivity index (χ1n) is 17.4. The summed E-state index contributed by atoms with van der Waals surface area (Å²) in [5.74, 6) is -0.596. The van der Waals surface area contributed by atoms with Crippen LogP contribution in [-0.2, 0) is 46.0 Å². The van der Waals surface area contributed by atoms with Gasteiger partial charge in [0.15, 0.2) is 0 Å². The quantitative estimate of drug-likeness (QED) is 0.124. The minimum atomic E-state index is -4.01. The van der Waals surface area contributed by atoms with Crippen molar-refractivity contribution < 1.29 is 22.7 Å². The van der Waals surface area contributed by atoms with Crippen LogP contribution in [0.15, 0.2) is 41.4 Å². The van der Waals surface area contributed by atoms with Crippen molar-refractivity contribution >= 4 is 46.7 Å². The first kappa shape index (κ1) is 36.5. The predicted octanol–water partition coefficient (Wildman–Crippen LogP) is 7.22. The summed E-state index contributed by atoms with van der Waals surface area (Å²) in [6, 6.07) is 10.7. The number of rotatable bonds is 10. The van der Waals surface area contributed by atoms with Crippen LogP contribution in [0.2, 0.25) is 30.7 Å². The average molecular weight is 738 g/mol. The standard InChI is InChI=1S/C37H48ClN5O5SSi/c1-9-28-22-43(49(45,46)32-19-27(38)20-39-35(32)48-28)21-26-18-25(17-24-11-10-12-30(24)26)33(37(3,4)36(44)47-15-16-50(6,7)8)29-13-14-31-34(23(29)2)40-41-42(31)5/h13-14,17-20,28,33H,9-12,15-16,21-22H2,1-8H3/t28-,33+/m1/s1. The van der Waals surface area contributed by atoms with Crippen molar-refractivity contribution in [3.05, 3.63) is 74.9 Å². The van der Waals surface area contributed by atoms with E-state index in [9.17, 15) is 13.2 Å². The van der Waals surface area contributed by atoms with Crippen LogP contribution in [0.25, 0.3) is 11.0 Å². The molecule has 1 aliphatic heterocycles. The third-order valence-electron chi connectivity index (χ3n) is 10.3. The predicted molar refractivity (Wildman–Crippen MR) is 198 cm³/mol. The molecule has 13 heteroatoms. The molecule has 2 aromatic heterocycles. The van der Waals surface area contributed by atoms with Gasteiger partial charge in [-0.2, -0.15) is 4.31 Å². The molecule has 0 saturated carbocycles. The van der Waals surface area contributed by atoms with E-state index in [2.05, 4.69) is 53.1 Å². The molecule has 6 rings (SSSR count). The first-order chi connectivity index (χ1) is 23.5. The van der Waals surface area contributed by atoms with Crippen LogP contribution in [0.3, 0.4) is 0 Å². The van der Waals surface area contributed by atoms with Crippen molar-refractivity contribution in [2.24, 2.45) is 12.5 Å². The van der Waals surface area contributed by atoms with Crippen molar-refractivity contribution in [2.75, 3.05) is 13.2 Å². The molecule has 2 aliphatic rings. The Morgan fingerprint density at radius 3 is 2.66 bits per heavy atom. The molecule has 0 unspecified atom stereocenters. The maximum atomic E-state index is 14.2. The number of sulfonamides is 1. The van der Waals surface area contributed by atoms with Gasteiger partial charge in [0.05, 0.1) is 29.1 Å². The van der Waals surface area contributed by atoms with Crippen LogP contribution in [0.5, 0.6) is 5.88 Å². The lowest BCUT2D eigenvalue weighted by Crippen LogP contribution is -2.37. The molecule has 268 valence electrons. The molecule has 4 aromatic rings. The largest absolute Gasteiger partial charge is 0.472 e. The van der Waals surface area contributed by atoms with Gasteiger partial charge in [-0.15, -0.1) is 5.10 Å². The third-order valence-corrected chi connectivity index (χ3v) is 14.0. The highest BCUT2D eigenvalue weighted by atomic mass is 35.5. The van der Waals surface area contributed by atoms with E-state index in [-0.39, 0.29) is 41.0 Å². The molecule has 0 bridgehead atoms. The molecule has 10 nitrogen and oxygen atoms in total. The topological polar surface area (TPSA) is 117 Å². The maximum Gasteiger partial charge on any atom is 0.312 e. The van der Waals surface area contributed by atoms with Gasteiger partial charge in [0.25, 0.3) is 0 Å². The monoisotopic (exact) mass is 737 g/mol. The Morgan fingerprint density at radius 2 is 1.94 bits per heavy atom. The molecular formula is C37H48ClN5O5SSi. The van der Waals surface area contributed by atoms with Gasteiger partial charge in [-0.3, -0.25) is 4.79 Å². The van der Waals surface area contributed by atoms with Gasteiger partial charge in [-0.05, 0) is 98.0 Å². The summed E-state index contributed by atoms with van der Waals surface area (Å²) in [7, 11) is -3.57. The zero-order valence-corrected chi connectivity index (χ0v) is 32.9. The van der Waals surface area contributed by atoms with Gasteiger partial charge in [-0.1, -0.05) is 61.6 Å². The molecule has 3 heterocycles. The van der Waals surface area contributed by atoms with Crippen molar-refractivity contribution in [1.82, 2.24) is 24.3 Å². The minimum absolute atomic E-state index is 0.0262. The number of nitrogens with zero attached hydrogens (tertiary/aromatic N) is 5. The molecule has 2 aromatic carbocycles. The third kappa shape index (κ3) is 6.96. The van der Waals surface area contributed by atoms with Gasteiger partial charge in [0.1, 0.15) is 16.5 Å². The lowest BCUT2D eigenvalue weighted by Gasteiger charge is -2.35. The lowest BCUT2D eigenvalue weighted by atomic mass is 9.69. The van der Waals surface area contributed by atoms with Crippen LogP contribution in [-0.4, -0.2) is 66.0 Å². The number of esters is 1. The van der Waals surface area contributed by atoms with E-state index in [4.69, 9.17) is 21.1 Å². The van der Waals surface area contributed by atoms with E-state index in [1.807, 2.05) is 40.8 Å². The fourth-order valence-electron chi connectivity index (χ4n) is 7.33. The summed E-state index contributed by atoms with van der Waals surface area (Å²) in [5, 5.41) is 8.97. The Hall–Kier alpha value is -3.32. The second-order valence-corrected chi connectivity index (χ2v) is 23.5. The summed E-state index contributed by atoms with van der Waals surface area (Å²) in [4.78, 5) is 18.3. The number of carbonyl (C=O) groups excluding carboxylic acids is 1. The lowest BCUT2D eigenvalue weighted by molar-refractivity contribution is -0.154. The van der Waals surface area contributed by atoms with Crippen molar-refractivity contribution in [1.29, 1.82) is 0 Å². The number of ether oxygens (including phenoxy) is 2. The van der Waals surface area contributed by atoms with E-state index >= 15 is 0 Å². The smallest absolute Gasteiger partial charge is 0.312 e. The van der Waals surface area contributed by atoms with E-state index in [1.54, 1.807) is 4.68 Å². The fraction of sp³-hybridized carbons (Fsp3) is 0.514. The van der Waals surface area contributed by atoms with Crippen molar-refractivity contribution in [3.8, 4) is 5.88 Å². The number of hydrogen-bond donors (Lipinski definition) is 0. The number of aryl methyl sites for hydroxylation is 3. The number of carbonyl (C=O) groups is 1. The highest BCUT2D eigenvalue weighted by molar-refractivity contribution is 7.89. The van der Waals surface area contributed by atoms with Crippen LogP contribution in [0.4, 0.5) is 0 Å². The van der Waals surface area contributed by atoms with Crippen LogP contribution >= 0.6 is 11.6 Å². The molecule has 1 aliphatic carbocycles. The zero-order chi connectivity index (χ0) is 36.2. The summed E-state index contributed by atoms with van der Waals surface area (Å²) < 4.78 is 43.9. The summed E-state index contributed by atoms with van der Waals surface area (Å²) in [6.45, 7) is 15.4. The highest BCUT2D eigenvalue weighted by Crippen LogP contribution is 2.46. The number of pyridine rings is 1. The number of halogens is 1. The number of hydrogen-bond acceptors (Lipinski definition) is 8. The number of fused-ring (bicyclic) bond motifs is 3. The second kappa shape index (κ2) is 13.7. The Bertz CT molecular complexity index is 2060. The van der Waals surface area contributed by atoms with Crippen LogP contribution < -0.4 is 4.74 Å². The molecule has 2 atom stereocenters. The molecule has 0 saturated heterocycles. The molecule has 0 amide bonds. The second-order valence-electron chi connectivity index (χ2n) is 15.5. The number of benzene rings is 2. The average Bonchev–Trinajstić information content (AvgIpc) is 3.66. The summed E-state index contributed by atoms with van der Waals surface area (Å²) in [5.41, 5.74) is 6.86. The normalized spacial score (nSPS) is 18.3. The number of aromatic nitrogens is 4. The minimum Gasteiger partial charge on any atom is -0.472 e. The van der Waals surface area contributed by atoms with E-state index < -0.39 is 29.4 Å². The Labute approximate surface area is 301 Å². The van der Waals surface area contributed by atoms with Crippen molar-refractivity contribution in [3.63, 3.8) is 0 Å². The molecule has 0 N–H and O–H groups in total. The molecular weight excluding hydrogens is 690 g/mol. The van der Waals surface area contributed by atoms with E-state index in [1.165, 1.54) is 27.7 Å². The molecule has 50 heavy (non-hydrogen) atoms.